The van der Waals surface area contributed by atoms with Crippen LogP contribution < -0.4 is 11.5 Å². The van der Waals surface area contributed by atoms with Gasteiger partial charge in [-0.25, -0.2) is 0 Å². The van der Waals surface area contributed by atoms with E-state index in [1.807, 2.05) is 6.07 Å². The number of aromatic nitrogens is 2. The fourth-order valence-corrected chi connectivity index (χ4v) is 0.937. The molecule has 1 aromatic rings. The smallest absolute Gasteiger partial charge is 0.175 e. The van der Waals surface area contributed by atoms with Gasteiger partial charge in [-0.05, 0) is 0 Å². The van der Waals surface area contributed by atoms with Crippen LogP contribution in [-0.2, 0) is 6.42 Å². The summed E-state index contributed by atoms with van der Waals surface area (Å²) in [4.78, 5) is 0. The highest BCUT2D eigenvalue weighted by atomic mass is 16.4. The van der Waals surface area contributed by atoms with Crippen molar-refractivity contribution in [1.29, 1.82) is 5.26 Å². The zero-order valence-corrected chi connectivity index (χ0v) is 6.65. The topological polar surface area (TPSA) is 137 Å². The van der Waals surface area contributed by atoms with Crippen LogP contribution in [-0.4, -0.2) is 21.2 Å². The fraction of sp³-hybridized carbons (Fsp3) is 0.167. The molecule has 0 aliphatic heterocycles. The monoisotopic (exact) mass is 180 g/mol. The molecule has 7 heteroatoms. The van der Waals surface area contributed by atoms with Crippen LogP contribution in [0.3, 0.4) is 0 Å². The molecule has 0 amide bonds. The van der Waals surface area contributed by atoms with Crippen LogP contribution >= 0.6 is 0 Å². The maximum Gasteiger partial charge on any atom is 0.175 e. The molecule has 7 nitrogen and oxygen atoms in total. The fourth-order valence-electron chi connectivity index (χ4n) is 0.937. The van der Waals surface area contributed by atoms with E-state index in [2.05, 4.69) is 15.4 Å². The molecule has 0 aliphatic carbocycles. The van der Waals surface area contributed by atoms with Gasteiger partial charge in [0.05, 0.1) is 23.7 Å². The van der Waals surface area contributed by atoms with Crippen LogP contribution in [0.25, 0.3) is 0 Å². The first-order chi connectivity index (χ1) is 6.20. The number of oxime groups is 1. The summed E-state index contributed by atoms with van der Waals surface area (Å²) in [5.41, 5.74) is 11.5. The maximum absolute atomic E-state index is 8.43. The molecule has 0 saturated carbocycles. The molecule has 0 radical (unpaired) electrons. The third kappa shape index (κ3) is 1.51. The standard InChI is InChI=1S/C6H8N6O/c7-2-1-3-4(6(9)12-13)5(8)11-10-3/h13H,1H2,(H2,9,12)(H3,8,10,11). The summed E-state index contributed by atoms with van der Waals surface area (Å²) in [6.07, 6.45) is 0.0791. The van der Waals surface area contributed by atoms with E-state index in [-0.39, 0.29) is 23.6 Å². The van der Waals surface area contributed by atoms with Gasteiger partial charge in [-0.1, -0.05) is 5.16 Å². The van der Waals surface area contributed by atoms with Crippen LogP contribution in [0.15, 0.2) is 5.16 Å². The summed E-state index contributed by atoms with van der Waals surface area (Å²) in [6, 6.07) is 1.90. The van der Waals surface area contributed by atoms with E-state index < -0.39 is 0 Å². The van der Waals surface area contributed by atoms with E-state index in [4.69, 9.17) is 21.9 Å². The Kier molecular flexibility index (Phi) is 2.35. The predicted molar refractivity (Wildman–Crippen MR) is 44.8 cm³/mol. The summed E-state index contributed by atoms with van der Waals surface area (Å²) < 4.78 is 0. The van der Waals surface area contributed by atoms with Gasteiger partial charge < -0.3 is 16.7 Å². The Balaban J connectivity index is 3.17. The van der Waals surface area contributed by atoms with E-state index >= 15 is 0 Å². The summed E-state index contributed by atoms with van der Waals surface area (Å²) in [5.74, 6) is -0.0444. The summed E-state index contributed by atoms with van der Waals surface area (Å²) in [7, 11) is 0. The number of hydrogen-bond acceptors (Lipinski definition) is 5. The van der Waals surface area contributed by atoms with Crippen LogP contribution in [0, 0.1) is 11.3 Å². The quantitative estimate of drug-likeness (QED) is 0.203. The Bertz CT molecular complexity index is 373. The van der Waals surface area contributed by atoms with Crippen molar-refractivity contribution in [2.75, 3.05) is 5.73 Å². The molecular formula is C6H8N6O. The molecule has 0 bridgehead atoms. The SMILES string of the molecule is N#CCc1[nH]nc(N)c1/C(N)=N\O. The van der Waals surface area contributed by atoms with E-state index in [1.54, 1.807) is 0 Å². The molecule has 13 heavy (non-hydrogen) atoms. The second-order valence-corrected chi connectivity index (χ2v) is 2.28. The molecule has 1 rings (SSSR count). The summed E-state index contributed by atoms with van der Waals surface area (Å²) in [6.45, 7) is 0. The predicted octanol–water partition coefficient (Wildman–Crippen LogP) is -0.848. The van der Waals surface area contributed by atoms with Crippen LogP contribution in [0.5, 0.6) is 0 Å². The number of nitrogens with two attached hydrogens (primary N) is 2. The van der Waals surface area contributed by atoms with E-state index in [1.165, 1.54) is 0 Å². The molecule has 0 atom stereocenters. The van der Waals surface area contributed by atoms with Gasteiger partial charge in [0.1, 0.15) is 0 Å². The number of nitrogens with one attached hydrogen (secondary N) is 1. The summed E-state index contributed by atoms with van der Waals surface area (Å²) >= 11 is 0. The highest BCUT2D eigenvalue weighted by molar-refractivity contribution is 6.02. The molecule has 0 aliphatic rings. The van der Waals surface area contributed by atoms with Gasteiger partial charge in [0.15, 0.2) is 11.7 Å². The van der Waals surface area contributed by atoms with Crippen LogP contribution in [0.4, 0.5) is 5.82 Å². The zero-order chi connectivity index (χ0) is 9.84. The van der Waals surface area contributed by atoms with Crippen molar-refractivity contribution < 1.29 is 5.21 Å². The first-order valence-corrected chi connectivity index (χ1v) is 3.38. The number of nitrogens with zero attached hydrogens (tertiary/aromatic N) is 3. The van der Waals surface area contributed by atoms with Gasteiger partial charge in [0.25, 0.3) is 0 Å². The van der Waals surface area contributed by atoms with Gasteiger partial charge in [0, 0.05) is 0 Å². The lowest BCUT2D eigenvalue weighted by Crippen LogP contribution is -2.16. The number of amidine groups is 1. The van der Waals surface area contributed by atoms with E-state index in [0.717, 1.165) is 0 Å². The number of rotatable bonds is 2. The number of nitrogen functional groups attached to an aromatic ring is 1. The minimum Gasteiger partial charge on any atom is -0.409 e. The second-order valence-electron chi connectivity index (χ2n) is 2.28. The van der Waals surface area contributed by atoms with E-state index in [0.29, 0.717) is 5.69 Å². The van der Waals surface area contributed by atoms with Crippen molar-refractivity contribution >= 4 is 11.7 Å². The van der Waals surface area contributed by atoms with Gasteiger partial charge in [-0.15, -0.1) is 0 Å². The summed E-state index contributed by atoms with van der Waals surface area (Å²) in [5, 5.41) is 25.8. The van der Waals surface area contributed by atoms with Crippen molar-refractivity contribution in [2.45, 2.75) is 6.42 Å². The molecule has 68 valence electrons. The lowest BCUT2D eigenvalue weighted by molar-refractivity contribution is 0.318. The largest absolute Gasteiger partial charge is 0.409 e. The number of nitriles is 1. The Morgan fingerprint density at radius 1 is 1.77 bits per heavy atom. The zero-order valence-electron chi connectivity index (χ0n) is 6.65. The Morgan fingerprint density at radius 2 is 2.46 bits per heavy atom. The minimum absolute atomic E-state index is 0.0791. The minimum atomic E-state index is -0.156. The molecule has 0 fully saturated rings. The maximum atomic E-state index is 8.43. The number of H-pyrrole nitrogens is 1. The Labute approximate surface area is 73.6 Å². The molecular weight excluding hydrogens is 172 g/mol. The van der Waals surface area contributed by atoms with Gasteiger partial charge in [-0.2, -0.15) is 10.4 Å². The Hall–Kier alpha value is -2.23. The molecule has 1 heterocycles. The van der Waals surface area contributed by atoms with Gasteiger partial charge >= 0.3 is 0 Å². The third-order valence-corrected chi connectivity index (χ3v) is 1.49. The third-order valence-electron chi connectivity index (χ3n) is 1.49. The molecule has 6 N–H and O–H groups in total. The highest BCUT2D eigenvalue weighted by Gasteiger charge is 2.14. The number of aromatic amines is 1. The molecule has 0 unspecified atom stereocenters. The van der Waals surface area contributed by atoms with Crippen molar-refractivity contribution in [3.8, 4) is 6.07 Å². The van der Waals surface area contributed by atoms with Crippen molar-refractivity contribution in [2.24, 2.45) is 10.9 Å². The normalized spacial score (nSPS) is 11.2. The van der Waals surface area contributed by atoms with Gasteiger partial charge in [0.2, 0.25) is 0 Å². The van der Waals surface area contributed by atoms with E-state index in [9.17, 15) is 0 Å². The van der Waals surface area contributed by atoms with Crippen molar-refractivity contribution in [3.05, 3.63) is 11.3 Å². The Morgan fingerprint density at radius 3 is 3.00 bits per heavy atom. The first-order valence-electron chi connectivity index (χ1n) is 3.38. The average Bonchev–Trinajstić information content (AvgIpc) is 2.47. The average molecular weight is 180 g/mol. The van der Waals surface area contributed by atoms with Crippen molar-refractivity contribution in [1.82, 2.24) is 10.2 Å². The molecule has 0 aromatic carbocycles. The molecule has 0 saturated heterocycles. The number of hydrogen-bond donors (Lipinski definition) is 4. The number of anilines is 1. The lowest BCUT2D eigenvalue weighted by Gasteiger charge is -1.96. The van der Waals surface area contributed by atoms with Gasteiger partial charge in [-0.3, -0.25) is 5.10 Å². The lowest BCUT2D eigenvalue weighted by atomic mass is 10.2. The first kappa shape index (κ1) is 8.86. The van der Waals surface area contributed by atoms with Crippen molar-refractivity contribution in [3.63, 3.8) is 0 Å². The van der Waals surface area contributed by atoms with Crippen LogP contribution in [0.2, 0.25) is 0 Å². The molecule has 1 aromatic heterocycles. The molecule has 0 spiro atoms. The highest BCUT2D eigenvalue weighted by Crippen LogP contribution is 2.12. The van der Waals surface area contributed by atoms with Crippen LogP contribution in [0.1, 0.15) is 11.3 Å². The second kappa shape index (κ2) is 3.44.